The largest absolute Gasteiger partial charge is 0.460 e. The summed E-state index contributed by atoms with van der Waals surface area (Å²) < 4.78 is 78.0. The lowest BCUT2D eigenvalue weighted by Gasteiger charge is -2.31. The molecule has 0 heterocycles. The van der Waals surface area contributed by atoms with Crippen LogP contribution in [-0.4, -0.2) is 184 Å². The second kappa shape index (κ2) is 48.4. The first kappa shape index (κ1) is 78.2. The van der Waals surface area contributed by atoms with E-state index < -0.39 is 11.9 Å². The Bertz CT molecular complexity index is 1340. The molecule has 0 aromatic heterocycles. The average molecular weight is 1150 g/mol. The van der Waals surface area contributed by atoms with Crippen LogP contribution in [0.2, 0.25) is 0 Å². The van der Waals surface area contributed by atoms with Crippen molar-refractivity contribution in [2.45, 2.75) is 162 Å². The van der Waals surface area contributed by atoms with Crippen molar-refractivity contribution in [2.75, 3.05) is 172 Å². The fraction of sp³-hybridized carbons (Fsp3) is 0.938. The molecule has 0 aliphatic carbocycles. The number of hydrogen-bond acceptors (Lipinski definition) is 16. The van der Waals surface area contributed by atoms with E-state index in [1.807, 2.05) is 0 Å². The zero-order chi connectivity index (χ0) is 60.0. The number of carbonyl (C=O) groups excluding carboxylic acids is 2. The molecule has 0 aromatic rings. The molecule has 80 heavy (non-hydrogen) atoms. The van der Waals surface area contributed by atoms with E-state index in [1.165, 1.54) is 51.4 Å². The minimum absolute atomic E-state index is 0.0372. The van der Waals surface area contributed by atoms with Crippen LogP contribution in [0.5, 0.6) is 0 Å². The van der Waals surface area contributed by atoms with Crippen LogP contribution in [0.3, 0.4) is 0 Å². The van der Waals surface area contributed by atoms with E-state index in [4.69, 9.17) is 66.3 Å². The van der Waals surface area contributed by atoms with Gasteiger partial charge in [-0.15, -0.1) is 0 Å². The van der Waals surface area contributed by atoms with Crippen molar-refractivity contribution < 1.29 is 75.9 Å². The van der Waals surface area contributed by atoms with Gasteiger partial charge in [-0.25, -0.2) is 9.59 Å². The fourth-order valence-corrected chi connectivity index (χ4v) is 9.92. The molecule has 0 amide bonds. The Morgan fingerprint density at radius 3 is 0.700 bits per heavy atom. The number of hydrogen-bond donors (Lipinski definition) is 0. The van der Waals surface area contributed by atoms with Crippen molar-refractivity contribution in [3.63, 3.8) is 0 Å². The number of esters is 2. The normalized spacial score (nSPS) is 15.1. The van der Waals surface area contributed by atoms with Crippen molar-refractivity contribution in [3.8, 4) is 0 Å². The smallest absolute Gasteiger partial charge is 0.331 e. The Morgan fingerprint density at radius 1 is 0.287 bits per heavy atom. The predicted molar refractivity (Wildman–Crippen MR) is 319 cm³/mol. The Labute approximate surface area is 489 Å². The molecule has 0 saturated carbocycles. The van der Waals surface area contributed by atoms with E-state index in [2.05, 4.69) is 111 Å². The van der Waals surface area contributed by atoms with Crippen molar-refractivity contribution in [3.05, 3.63) is 12.2 Å². The van der Waals surface area contributed by atoms with Crippen LogP contribution in [0.15, 0.2) is 12.2 Å². The van der Waals surface area contributed by atoms with E-state index in [9.17, 15) is 9.59 Å². The van der Waals surface area contributed by atoms with Crippen molar-refractivity contribution >= 4 is 11.9 Å². The summed E-state index contributed by atoms with van der Waals surface area (Å²) in [6, 6.07) is 0. The third kappa shape index (κ3) is 56.7. The molecule has 0 aromatic carbocycles. The third-order valence-electron chi connectivity index (χ3n) is 13.1. The summed E-state index contributed by atoms with van der Waals surface area (Å²) in [6.45, 7) is 48.9. The maximum Gasteiger partial charge on any atom is 0.331 e. The van der Waals surface area contributed by atoms with Gasteiger partial charge < -0.3 is 66.3 Å². The number of ether oxygens (including phenoxy) is 14. The summed E-state index contributed by atoms with van der Waals surface area (Å²) in [7, 11) is 0. The van der Waals surface area contributed by atoms with Crippen LogP contribution in [0, 0.1) is 57.2 Å². The van der Waals surface area contributed by atoms with Gasteiger partial charge >= 0.3 is 11.9 Å². The fourth-order valence-electron chi connectivity index (χ4n) is 9.92. The van der Waals surface area contributed by atoms with Crippen LogP contribution in [0.4, 0.5) is 0 Å². The van der Waals surface area contributed by atoms with Gasteiger partial charge in [-0.05, 0) is 95.7 Å². The minimum atomic E-state index is -0.673. The maximum atomic E-state index is 11.9. The summed E-state index contributed by atoms with van der Waals surface area (Å²) >= 11 is 0. The van der Waals surface area contributed by atoms with Crippen LogP contribution in [0.25, 0.3) is 0 Å². The second-order valence-corrected chi connectivity index (χ2v) is 26.8. The van der Waals surface area contributed by atoms with Gasteiger partial charge in [0.2, 0.25) is 0 Å². The predicted octanol–water partition coefficient (Wildman–Crippen LogP) is 11.9. The molecule has 16 nitrogen and oxygen atoms in total. The van der Waals surface area contributed by atoms with E-state index in [1.54, 1.807) is 0 Å². The summed E-state index contributed by atoms with van der Waals surface area (Å²) in [5.74, 6) is 2.43. The first-order valence-electron chi connectivity index (χ1n) is 30.7. The second-order valence-electron chi connectivity index (χ2n) is 26.8. The summed E-state index contributed by atoms with van der Waals surface area (Å²) in [5, 5.41) is 0. The molecular weight excluding hydrogens is 1020 g/mol. The molecule has 0 spiro atoms. The summed E-state index contributed by atoms with van der Waals surface area (Å²) in [4.78, 5) is 23.8. The molecular formula is C64H124O16. The molecule has 0 N–H and O–H groups in total. The highest BCUT2D eigenvalue weighted by atomic mass is 16.6. The first-order valence-corrected chi connectivity index (χ1v) is 30.7. The molecule has 16 heteroatoms. The first-order chi connectivity index (χ1) is 37.8. The zero-order valence-electron chi connectivity index (χ0n) is 54.2. The van der Waals surface area contributed by atoms with E-state index in [0.29, 0.717) is 189 Å². The SMILES string of the molecule is CC(CCC(COCCOCCOCCOCCOCCOCCOC(=O)/C=C/C(=O)OCCOCCOCCOCCOCCOCCOCC(CCC(C)CC(C)(C)C)C(C)CC(C)(C)C)C(C)CC(C)(C)C)CC(C)(C)C. The van der Waals surface area contributed by atoms with Gasteiger partial charge in [-0.1, -0.05) is 124 Å². The van der Waals surface area contributed by atoms with E-state index in [0.717, 1.165) is 25.4 Å². The van der Waals surface area contributed by atoms with Crippen molar-refractivity contribution in [1.29, 1.82) is 0 Å². The Hall–Kier alpha value is -1.80. The third-order valence-corrected chi connectivity index (χ3v) is 13.1. The monoisotopic (exact) mass is 1150 g/mol. The van der Waals surface area contributed by atoms with Crippen molar-refractivity contribution in [2.24, 2.45) is 57.2 Å². The van der Waals surface area contributed by atoms with Gasteiger partial charge in [-0.3, -0.25) is 0 Å². The molecule has 0 rings (SSSR count). The highest BCUT2D eigenvalue weighted by Crippen LogP contribution is 2.35. The topological polar surface area (TPSA) is 163 Å². The molecule has 0 aliphatic heterocycles. The van der Waals surface area contributed by atoms with Gasteiger partial charge in [0.1, 0.15) is 13.2 Å². The van der Waals surface area contributed by atoms with Gasteiger partial charge in [0.05, 0.1) is 145 Å². The quantitative estimate of drug-likeness (QED) is 0.0321. The molecule has 476 valence electrons. The minimum Gasteiger partial charge on any atom is -0.460 e. The lowest BCUT2D eigenvalue weighted by Crippen LogP contribution is -2.24. The standard InChI is InChI=1S/C64H124O16/c1-53(47-61(5,6)7)17-19-57(55(3)49-63(11,12)13)51-77-41-39-73-33-31-69-25-23-67-27-29-71-35-37-75-43-45-79-59(65)21-22-60(66)80-46-44-76-38-36-72-30-28-68-24-26-70-32-34-74-40-42-78-52-58(56(4)50-64(14,15)16)20-18-54(2)48-62(8,9)10/h21-22,53-58H,17-20,23-52H2,1-16H3/b22-21+. The molecule has 0 saturated heterocycles. The Kier molecular flexibility index (Phi) is 47.3. The molecule has 0 radical (unpaired) electrons. The lowest BCUT2D eigenvalue weighted by molar-refractivity contribution is -0.142. The van der Waals surface area contributed by atoms with Gasteiger partial charge in [0.15, 0.2) is 0 Å². The van der Waals surface area contributed by atoms with Crippen LogP contribution < -0.4 is 0 Å². The highest BCUT2D eigenvalue weighted by molar-refractivity contribution is 5.91. The molecule has 6 unspecified atom stereocenters. The van der Waals surface area contributed by atoms with Gasteiger partial charge in [-0.2, -0.15) is 0 Å². The Morgan fingerprint density at radius 2 is 0.487 bits per heavy atom. The number of rotatable bonds is 54. The lowest BCUT2D eigenvalue weighted by atomic mass is 9.76. The highest BCUT2D eigenvalue weighted by Gasteiger charge is 2.26. The van der Waals surface area contributed by atoms with Crippen LogP contribution in [-0.2, 0) is 75.9 Å². The zero-order valence-corrected chi connectivity index (χ0v) is 54.2. The van der Waals surface area contributed by atoms with E-state index >= 15 is 0 Å². The van der Waals surface area contributed by atoms with Crippen molar-refractivity contribution in [1.82, 2.24) is 0 Å². The van der Waals surface area contributed by atoms with Gasteiger partial charge in [0, 0.05) is 25.4 Å². The summed E-state index contributed by atoms with van der Waals surface area (Å²) in [5.41, 5.74) is 1.35. The Balaban J connectivity index is 3.66. The molecule has 0 aliphatic rings. The van der Waals surface area contributed by atoms with Gasteiger partial charge in [0.25, 0.3) is 0 Å². The molecule has 6 atom stereocenters. The van der Waals surface area contributed by atoms with E-state index in [-0.39, 0.29) is 26.4 Å². The average Bonchev–Trinajstić information content (AvgIpc) is 3.34. The maximum absolute atomic E-state index is 11.9. The number of carbonyl (C=O) groups is 2. The summed E-state index contributed by atoms with van der Waals surface area (Å²) in [6.07, 6.45) is 11.8. The molecule has 0 fully saturated rings. The van der Waals surface area contributed by atoms with Crippen LogP contribution in [0.1, 0.15) is 162 Å². The molecule has 0 bridgehead atoms. The van der Waals surface area contributed by atoms with Crippen LogP contribution >= 0.6 is 0 Å².